The maximum absolute atomic E-state index is 5.32. The van der Waals surface area contributed by atoms with E-state index in [1.807, 2.05) is 0 Å². The molecule has 0 aliphatic carbocycles. The fourth-order valence-electron chi connectivity index (χ4n) is 0.275. The summed E-state index contributed by atoms with van der Waals surface area (Å²) in [6.45, 7) is 0. The van der Waals surface area contributed by atoms with Crippen LogP contribution in [0, 0.1) is 0 Å². The highest BCUT2D eigenvalue weighted by atomic mass is 35.5. The summed E-state index contributed by atoms with van der Waals surface area (Å²) in [5.74, 6) is 0.299. The molecule has 1 heterocycles. The van der Waals surface area contributed by atoms with Crippen molar-refractivity contribution in [3.63, 3.8) is 0 Å². The molecule has 0 aromatic carbocycles. The van der Waals surface area contributed by atoms with E-state index in [2.05, 4.69) is 14.7 Å². The van der Waals surface area contributed by atoms with Gasteiger partial charge in [-0.2, -0.15) is 4.98 Å². The Morgan fingerprint density at radius 3 is 2.62 bits per heavy atom. The molecule has 0 fully saturated rings. The summed E-state index contributed by atoms with van der Waals surface area (Å²) in [5.41, 5.74) is 0. The molecule has 0 saturated carbocycles. The molecule has 0 atom stereocenters. The monoisotopic (exact) mass is 152 g/mol. The van der Waals surface area contributed by atoms with Crippen molar-refractivity contribution in [2.45, 2.75) is 4.84 Å². The Morgan fingerprint density at radius 2 is 2.38 bits per heavy atom. The molecule has 0 saturated heterocycles. The van der Waals surface area contributed by atoms with Gasteiger partial charge in [0.25, 0.3) is 0 Å². The maximum atomic E-state index is 5.32. The fourth-order valence-corrected chi connectivity index (χ4v) is 0.467. The van der Waals surface area contributed by atoms with Crippen LogP contribution in [0.15, 0.2) is 10.9 Å². The Hall–Kier alpha value is -0.280. The van der Waals surface area contributed by atoms with Gasteiger partial charge in [0.15, 0.2) is 4.84 Å². The van der Waals surface area contributed by atoms with Crippen molar-refractivity contribution in [2.24, 2.45) is 0 Å². The van der Waals surface area contributed by atoms with Crippen LogP contribution >= 0.6 is 23.2 Å². The van der Waals surface area contributed by atoms with Gasteiger partial charge in [-0.25, -0.2) is 0 Å². The molecule has 0 unspecified atom stereocenters. The molecular weight excluding hydrogens is 151 g/mol. The number of halogens is 2. The van der Waals surface area contributed by atoms with Crippen molar-refractivity contribution in [3.8, 4) is 0 Å². The molecule has 0 amide bonds. The zero-order valence-corrected chi connectivity index (χ0v) is 5.23. The average molecular weight is 153 g/mol. The van der Waals surface area contributed by atoms with Gasteiger partial charge in [0.05, 0.1) is 0 Å². The molecular formula is C3H2Cl2N2O. The number of alkyl halides is 2. The third-order valence-electron chi connectivity index (χ3n) is 0.574. The predicted molar refractivity (Wildman–Crippen MR) is 28.7 cm³/mol. The lowest BCUT2D eigenvalue weighted by Gasteiger charge is -1.85. The molecule has 1 aromatic heterocycles. The van der Waals surface area contributed by atoms with Crippen molar-refractivity contribution < 1.29 is 4.52 Å². The summed E-state index contributed by atoms with van der Waals surface area (Å²) in [4.78, 5) is 2.89. The molecule has 8 heavy (non-hydrogen) atoms. The van der Waals surface area contributed by atoms with Gasteiger partial charge in [0, 0.05) is 0 Å². The summed E-state index contributed by atoms with van der Waals surface area (Å²) >= 11 is 10.6. The highest BCUT2D eigenvalue weighted by Gasteiger charge is 2.06. The lowest BCUT2D eigenvalue weighted by Crippen LogP contribution is -1.81. The normalized spacial score (nSPS) is 10.4. The van der Waals surface area contributed by atoms with Gasteiger partial charge in [-0.1, -0.05) is 28.4 Å². The summed E-state index contributed by atoms with van der Waals surface area (Å²) in [7, 11) is 0. The van der Waals surface area contributed by atoms with E-state index >= 15 is 0 Å². The summed E-state index contributed by atoms with van der Waals surface area (Å²) in [6.07, 6.45) is 1.17. The summed E-state index contributed by atoms with van der Waals surface area (Å²) in [5, 5.41) is 3.37. The molecule has 0 aliphatic heterocycles. The first-order valence-corrected chi connectivity index (χ1v) is 2.72. The second kappa shape index (κ2) is 2.33. The van der Waals surface area contributed by atoms with Gasteiger partial charge >= 0.3 is 0 Å². The first kappa shape index (κ1) is 5.85. The molecule has 0 spiro atoms. The number of hydrogen-bond donors (Lipinski definition) is 0. The minimum atomic E-state index is -0.686. The van der Waals surface area contributed by atoms with Gasteiger partial charge in [-0.3, -0.25) is 0 Å². The molecule has 1 rings (SSSR count). The highest BCUT2D eigenvalue weighted by Crippen LogP contribution is 2.19. The van der Waals surface area contributed by atoms with Crippen LogP contribution in [0.3, 0.4) is 0 Å². The van der Waals surface area contributed by atoms with Crippen LogP contribution in [0.1, 0.15) is 10.7 Å². The lowest BCUT2D eigenvalue weighted by atomic mass is 10.7. The molecule has 0 bridgehead atoms. The van der Waals surface area contributed by atoms with Crippen molar-refractivity contribution in [1.82, 2.24) is 10.1 Å². The molecule has 0 N–H and O–H groups in total. The maximum Gasteiger partial charge on any atom is 0.213 e. The Balaban J connectivity index is 2.77. The summed E-state index contributed by atoms with van der Waals surface area (Å²) < 4.78 is 4.35. The minimum Gasteiger partial charge on any atom is -0.343 e. The quantitative estimate of drug-likeness (QED) is 0.574. The number of nitrogens with zero attached hydrogens (tertiary/aromatic N) is 2. The van der Waals surface area contributed by atoms with E-state index in [0.717, 1.165) is 0 Å². The van der Waals surface area contributed by atoms with Gasteiger partial charge in [0.2, 0.25) is 12.2 Å². The molecule has 5 heteroatoms. The van der Waals surface area contributed by atoms with E-state index in [1.165, 1.54) is 6.39 Å². The van der Waals surface area contributed by atoms with E-state index in [4.69, 9.17) is 23.2 Å². The molecule has 1 aromatic rings. The first-order valence-electron chi connectivity index (χ1n) is 1.85. The highest BCUT2D eigenvalue weighted by molar-refractivity contribution is 6.43. The van der Waals surface area contributed by atoms with Crippen LogP contribution in [0.4, 0.5) is 0 Å². The summed E-state index contributed by atoms with van der Waals surface area (Å²) in [6, 6.07) is 0. The third-order valence-corrected chi connectivity index (χ3v) is 0.964. The van der Waals surface area contributed by atoms with Crippen molar-refractivity contribution in [3.05, 3.63) is 12.2 Å². The Labute approximate surface area is 55.6 Å². The Morgan fingerprint density at radius 1 is 1.62 bits per heavy atom. The first-order chi connectivity index (χ1) is 3.80. The van der Waals surface area contributed by atoms with Crippen molar-refractivity contribution in [1.29, 1.82) is 0 Å². The second-order valence-corrected chi connectivity index (χ2v) is 2.19. The van der Waals surface area contributed by atoms with E-state index in [0.29, 0.717) is 5.82 Å². The zero-order valence-electron chi connectivity index (χ0n) is 3.71. The van der Waals surface area contributed by atoms with Crippen LogP contribution < -0.4 is 0 Å². The Kier molecular flexibility index (Phi) is 1.70. The standard InChI is InChI=1S/C3H2Cl2N2O/c4-2(5)3-6-1-8-7-3/h1-2H. The number of hydrogen-bond acceptors (Lipinski definition) is 3. The number of aromatic nitrogens is 2. The number of rotatable bonds is 1. The predicted octanol–water partition coefficient (Wildman–Crippen LogP) is 1.55. The van der Waals surface area contributed by atoms with Crippen LogP contribution in [0.5, 0.6) is 0 Å². The van der Waals surface area contributed by atoms with Gasteiger partial charge < -0.3 is 4.52 Å². The van der Waals surface area contributed by atoms with Crippen molar-refractivity contribution >= 4 is 23.2 Å². The van der Waals surface area contributed by atoms with E-state index < -0.39 is 4.84 Å². The second-order valence-electron chi connectivity index (χ2n) is 1.09. The van der Waals surface area contributed by atoms with E-state index in [-0.39, 0.29) is 0 Å². The Bertz CT molecular complexity index is 150. The smallest absolute Gasteiger partial charge is 0.213 e. The van der Waals surface area contributed by atoms with Gasteiger partial charge in [0.1, 0.15) is 0 Å². The lowest BCUT2D eigenvalue weighted by molar-refractivity contribution is 0.411. The van der Waals surface area contributed by atoms with E-state index in [1.54, 1.807) is 0 Å². The third kappa shape index (κ3) is 1.11. The topological polar surface area (TPSA) is 38.9 Å². The van der Waals surface area contributed by atoms with Crippen LogP contribution in [0.2, 0.25) is 0 Å². The molecule has 44 valence electrons. The molecule has 3 nitrogen and oxygen atoms in total. The minimum absolute atomic E-state index is 0.299. The fraction of sp³-hybridized carbons (Fsp3) is 0.333. The van der Waals surface area contributed by atoms with Crippen molar-refractivity contribution in [2.75, 3.05) is 0 Å². The molecule has 0 radical (unpaired) electrons. The van der Waals surface area contributed by atoms with Gasteiger partial charge in [-0.15, -0.1) is 0 Å². The van der Waals surface area contributed by atoms with Crippen LogP contribution in [0.25, 0.3) is 0 Å². The average Bonchev–Trinajstić information content (AvgIpc) is 2.12. The van der Waals surface area contributed by atoms with Crippen LogP contribution in [-0.4, -0.2) is 10.1 Å². The zero-order chi connectivity index (χ0) is 5.98. The van der Waals surface area contributed by atoms with Crippen LogP contribution in [-0.2, 0) is 0 Å². The molecule has 0 aliphatic rings. The van der Waals surface area contributed by atoms with Gasteiger partial charge in [-0.05, 0) is 0 Å². The largest absolute Gasteiger partial charge is 0.343 e. The van der Waals surface area contributed by atoms with E-state index in [9.17, 15) is 0 Å². The SMILES string of the molecule is ClC(Cl)c1ncon1.